The lowest BCUT2D eigenvalue weighted by molar-refractivity contribution is -0.161. The SMILES string of the molecule is CC/C=C\C/C=C\C/C=C\C/C=C\CCCCCCCCCCCCCCCCCCCCCCCCCCCCCCC(=O)OC(CO)COC(=O)CCCCCCCCCCCCCCCCCCCCCCCCCCC. The van der Waals surface area contributed by atoms with Crippen molar-refractivity contribution in [1.82, 2.24) is 0 Å². The molecule has 0 heterocycles. The zero-order valence-electron chi connectivity index (χ0n) is 54.1. The molecular weight excluding hydrogens is 981 g/mol. The van der Waals surface area contributed by atoms with Crippen LogP contribution in [-0.2, 0) is 19.1 Å². The van der Waals surface area contributed by atoms with Crippen LogP contribution >= 0.6 is 0 Å². The first-order valence-electron chi connectivity index (χ1n) is 36.2. The predicted octanol–water partition coefficient (Wildman–Crippen LogP) is 25.1. The van der Waals surface area contributed by atoms with E-state index in [1.54, 1.807) is 0 Å². The first-order chi connectivity index (χ1) is 39.6. The van der Waals surface area contributed by atoms with Gasteiger partial charge in [0.1, 0.15) is 6.61 Å². The van der Waals surface area contributed by atoms with E-state index in [2.05, 4.69) is 62.5 Å². The third kappa shape index (κ3) is 68.4. The second-order valence-corrected chi connectivity index (χ2v) is 24.7. The summed E-state index contributed by atoms with van der Waals surface area (Å²) in [7, 11) is 0. The van der Waals surface area contributed by atoms with Crippen LogP contribution in [0.15, 0.2) is 48.6 Å². The van der Waals surface area contributed by atoms with Crippen molar-refractivity contribution in [3.63, 3.8) is 0 Å². The Kier molecular flexibility index (Phi) is 69.2. The number of ether oxygens (including phenoxy) is 2. The average molecular weight is 1120 g/mol. The van der Waals surface area contributed by atoms with E-state index >= 15 is 0 Å². The lowest BCUT2D eigenvalue weighted by Gasteiger charge is -2.15. The second-order valence-electron chi connectivity index (χ2n) is 24.7. The summed E-state index contributed by atoms with van der Waals surface area (Å²) < 4.78 is 10.8. The molecule has 5 nitrogen and oxygen atoms in total. The van der Waals surface area contributed by atoms with Gasteiger partial charge in [-0.2, -0.15) is 0 Å². The fourth-order valence-corrected chi connectivity index (χ4v) is 11.3. The van der Waals surface area contributed by atoms with E-state index in [4.69, 9.17) is 9.47 Å². The third-order valence-electron chi connectivity index (χ3n) is 16.6. The van der Waals surface area contributed by atoms with Crippen LogP contribution in [0.3, 0.4) is 0 Å². The first kappa shape index (κ1) is 77.9. The van der Waals surface area contributed by atoms with Gasteiger partial charge < -0.3 is 14.6 Å². The van der Waals surface area contributed by atoms with Crippen molar-refractivity contribution >= 4 is 11.9 Å². The molecule has 0 amide bonds. The monoisotopic (exact) mass is 1120 g/mol. The number of aliphatic hydroxyl groups excluding tert-OH is 1. The topological polar surface area (TPSA) is 72.8 Å². The molecule has 0 saturated heterocycles. The molecule has 0 fully saturated rings. The van der Waals surface area contributed by atoms with Gasteiger partial charge in [0.25, 0.3) is 0 Å². The highest BCUT2D eigenvalue weighted by Crippen LogP contribution is 2.19. The van der Waals surface area contributed by atoms with Crippen LogP contribution in [0.25, 0.3) is 0 Å². The van der Waals surface area contributed by atoms with Gasteiger partial charge in [0.05, 0.1) is 6.61 Å². The van der Waals surface area contributed by atoms with Gasteiger partial charge in [-0.1, -0.05) is 383 Å². The van der Waals surface area contributed by atoms with E-state index in [9.17, 15) is 14.7 Å². The maximum absolute atomic E-state index is 12.4. The quantitative estimate of drug-likeness (QED) is 0.0373. The summed E-state index contributed by atoms with van der Waals surface area (Å²) in [4.78, 5) is 24.6. The summed E-state index contributed by atoms with van der Waals surface area (Å²) in [6.45, 7) is 4.09. The Morgan fingerprint density at radius 1 is 0.300 bits per heavy atom. The number of esters is 2. The van der Waals surface area contributed by atoms with Crippen LogP contribution in [0, 0.1) is 0 Å². The average Bonchev–Trinajstić information content (AvgIpc) is 3.46. The van der Waals surface area contributed by atoms with Gasteiger partial charge in [0, 0.05) is 12.8 Å². The van der Waals surface area contributed by atoms with E-state index in [1.807, 2.05) is 0 Å². The molecule has 80 heavy (non-hydrogen) atoms. The molecule has 0 aromatic carbocycles. The van der Waals surface area contributed by atoms with Crippen molar-refractivity contribution < 1.29 is 24.2 Å². The Balaban J connectivity index is 3.36. The van der Waals surface area contributed by atoms with Crippen LogP contribution in [0.1, 0.15) is 399 Å². The van der Waals surface area contributed by atoms with Crippen LogP contribution < -0.4 is 0 Å². The maximum Gasteiger partial charge on any atom is 0.306 e. The number of carbonyl (C=O) groups excluding carboxylic acids is 2. The minimum atomic E-state index is -0.768. The minimum absolute atomic E-state index is 0.0578. The Morgan fingerprint density at radius 3 is 0.812 bits per heavy atom. The molecule has 0 spiro atoms. The van der Waals surface area contributed by atoms with Gasteiger partial charge >= 0.3 is 11.9 Å². The van der Waals surface area contributed by atoms with E-state index in [0.717, 1.165) is 57.8 Å². The highest BCUT2D eigenvalue weighted by Gasteiger charge is 2.16. The second kappa shape index (κ2) is 71.1. The fourth-order valence-electron chi connectivity index (χ4n) is 11.3. The molecule has 0 bridgehead atoms. The molecule has 0 aliphatic rings. The number of aliphatic hydroxyl groups is 1. The molecular formula is C75H140O5. The lowest BCUT2D eigenvalue weighted by Crippen LogP contribution is -2.28. The lowest BCUT2D eigenvalue weighted by atomic mass is 10.0. The highest BCUT2D eigenvalue weighted by atomic mass is 16.6. The summed E-state index contributed by atoms with van der Waals surface area (Å²) in [6.07, 6.45) is 96.0. The molecule has 470 valence electrons. The maximum atomic E-state index is 12.4. The van der Waals surface area contributed by atoms with Gasteiger partial charge in [-0.3, -0.25) is 9.59 Å². The van der Waals surface area contributed by atoms with Crippen LogP contribution in [0.5, 0.6) is 0 Å². The number of hydrogen-bond acceptors (Lipinski definition) is 5. The first-order valence-corrected chi connectivity index (χ1v) is 36.2. The van der Waals surface area contributed by atoms with Crippen molar-refractivity contribution in [1.29, 1.82) is 0 Å². The highest BCUT2D eigenvalue weighted by molar-refractivity contribution is 5.70. The Bertz CT molecular complexity index is 1320. The summed E-state index contributed by atoms with van der Waals surface area (Å²) >= 11 is 0. The molecule has 1 unspecified atom stereocenters. The van der Waals surface area contributed by atoms with Gasteiger partial charge in [-0.15, -0.1) is 0 Å². The molecule has 5 heteroatoms. The normalized spacial score (nSPS) is 12.4. The summed E-state index contributed by atoms with van der Waals surface area (Å²) in [6, 6.07) is 0. The summed E-state index contributed by atoms with van der Waals surface area (Å²) in [5, 5.41) is 9.70. The largest absolute Gasteiger partial charge is 0.462 e. The predicted molar refractivity (Wildman–Crippen MR) is 353 cm³/mol. The Morgan fingerprint density at radius 2 is 0.537 bits per heavy atom. The number of carbonyl (C=O) groups is 2. The molecule has 1 atom stereocenters. The van der Waals surface area contributed by atoms with E-state index in [1.165, 1.54) is 315 Å². The van der Waals surface area contributed by atoms with Crippen LogP contribution in [0.2, 0.25) is 0 Å². The fraction of sp³-hybridized carbons (Fsp3) is 0.867. The van der Waals surface area contributed by atoms with E-state index in [0.29, 0.717) is 12.8 Å². The molecule has 0 aliphatic heterocycles. The zero-order valence-corrected chi connectivity index (χ0v) is 54.1. The van der Waals surface area contributed by atoms with Crippen molar-refractivity contribution in [2.75, 3.05) is 13.2 Å². The number of allylic oxidation sites excluding steroid dienone is 8. The molecule has 0 saturated carbocycles. The molecule has 1 N–H and O–H groups in total. The minimum Gasteiger partial charge on any atom is -0.462 e. The van der Waals surface area contributed by atoms with Gasteiger partial charge in [-0.25, -0.2) is 0 Å². The van der Waals surface area contributed by atoms with Crippen molar-refractivity contribution in [3.05, 3.63) is 48.6 Å². The van der Waals surface area contributed by atoms with Gasteiger partial charge in [0.15, 0.2) is 6.10 Å². The van der Waals surface area contributed by atoms with Gasteiger partial charge in [0.2, 0.25) is 0 Å². The number of unbranched alkanes of at least 4 members (excludes halogenated alkanes) is 52. The smallest absolute Gasteiger partial charge is 0.306 e. The molecule has 0 aliphatic carbocycles. The van der Waals surface area contributed by atoms with Crippen LogP contribution in [-0.4, -0.2) is 36.4 Å². The Labute approximate surface area is 500 Å². The van der Waals surface area contributed by atoms with Crippen molar-refractivity contribution in [2.24, 2.45) is 0 Å². The van der Waals surface area contributed by atoms with Crippen molar-refractivity contribution in [2.45, 2.75) is 405 Å². The van der Waals surface area contributed by atoms with E-state index < -0.39 is 6.10 Å². The third-order valence-corrected chi connectivity index (χ3v) is 16.6. The number of hydrogen-bond donors (Lipinski definition) is 1. The Hall–Kier alpha value is -2.14. The summed E-state index contributed by atoms with van der Waals surface area (Å²) in [5.74, 6) is -0.563. The van der Waals surface area contributed by atoms with E-state index in [-0.39, 0.29) is 25.2 Å². The molecule has 0 rings (SSSR count). The summed E-state index contributed by atoms with van der Waals surface area (Å²) in [5.41, 5.74) is 0. The number of rotatable bonds is 68. The molecule has 0 aromatic heterocycles. The van der Waals surface area contributed by atoms with Crippen molar-refractivity contribution in [3.8, 4) is 0 Å². The molecule has 0 radical (unpaired) electrons. The molecule has 0 aromatic rings. The zero-order chi connectivity index (χ0) is 57.6. The van der Waals surface area contributed by atoms with Gasteiger partial charge in [-0.05, 0) is 51.4 Å². The standard InChI is InChI=1S/C75H140O5/c1-3-5-7-9-11-13-15-17-19-21-23-25-27-29-30-31-32-33-34-35-36-37-38-39-40-41-42-43-44-46-48-50-52-54-56-58-60-62-64-66-68-70-75(78)80-73(71-76)72-79-74(77)69-67-65-63-61-59-57-55-53-51-49-47-45-28-26-24-22-20-18-16-14-12-10-8-6-4-2/h5,7,11,13,17,19,23,25,73,76H,3-4,6,8-10,12,14-16,18,20-22,24,26-72H2,1-2H3/b7-5-,13-11-,19-17-,25-23-. The van der Waals surface area contributed by atoms with Crippen LogP contribution in [0.4, 0.5) is 0 Å².